The third-order valence-corrected chi connectivity index (χ3v) is 3.05. The van der Waals surface area contributed by atoms with Crippen molar-refractivity contribution in [3.8, 4) is 5.75 Å². The van der Waals surface area contributed by atoms with Gasteiger partial charge >= 0.3 is 5.97 Å². The van der Waals surface area contributed by atoms with Gasteiger partial charge in [0.25, 0.3) is 0 Å². The summed E-state index contributed by atoms with van der Waals surface area (Å²) in [6.45, 7) is 1.36. The number of hydrogen-bond donors (Lipinski definition) is 0. The Morgan fingerprint density at radius 1 is 1.29 bits per heavy atom. The van der Waals surface area contributed by atoms with Crippen LogP contribution in [0.3, 0.4) is 0 Å². The van der Waals surface area contributed by atoms with Crippen molar-refractivity contribution in [2.45, 2.75) is 12.8 Å². The molecule has 0 aliphatic heterocycles. The fraction of sp³-hybridized carbons (Fsp3) is 0.333. The van der Waals surface area contributed by atoms with Crippen molar-refractivity contribution >= 4 is 27.7 Å². The Hall–Kier alpha value is -1.36. The molecule has 1 unspecified atom stereocenters. The van der Waals surface area contributed by atoms with Crippen LogP contribution in [-0.2, 0) is 14.3 Å². The second kappa shape index (κ2) is 5.82. The highest BCUT2D eigenvalue weighted by Gasteiger charge is 2.28. The number of rotatable bonds is 4. The van der Waals surface area contributed by atoms with Gasteiger partial charge in [0.2, 0.25) is 0 Å². The molecule has 4 nitrogen and oxygen atoms in total. The highest BCUT2D eigenvalue weighted by atomic mass is 79.9. The summed E-state index contributed by atoms with van der Waals surface area (Å²) in [6, 6.07) is 5.07. The maximum absolute atomic E-state index is 11.6. The topological polar surface area (TPSA) is 52.6 Å². The minimum atomic E-state index is -0.903. The van der Waals surface area contributed by atoms with E-state index in [0.29, 0.717) is 15.8 Å². The van der Waals surface area contributed by atoms with E-state index >= 15 is 0 Å². The maximum Gasteiger partial charge on any atom is 0.320 e. The number of carbonyl (C=O) groups excluding carboxylic acids is 2. The number of methoxy groups -OCH3 is 2. The quantitative estimate of drug-likeness (QED) is 0.632. The van der Waals surface area contributed by atoms with Gasteiger partial charge in [-0.3, -0.25) is 9.59 Å². The minimum absolute atomic E-state index is 0.261. The zero-order valence-electron chi connectivity index (χ0n) is 9.82. The molecule has 92 valence electrons. The Morgan fingerprint density at radius 2 is 1.94 bits per heavy atom. The van der Waals surface area contributed by atoms with Crippen molar-refractivity contribution in [1.82, 2.24) is 0 Å². The monoisotopic (exact) mass is 300 g/mol. The third kappa shape index (κ3) is 3.06. The molecule has 0 bridgehead atoms. The van der Waals surface area contributed by atoms with Crippen molar-refractivity contribution < 1.29 is 19.1 Å². The van der Waals surface area contributed by atoms with Gasteiger partial charge in [-0.05, 0) is 24.6 Å². The Kier molecular flexibility index (Phi) is 4.69. The summed E-state index contributed by atoms with van der Waals surface area (Å²) < 4.78 is 10.3. The largest absolute Gasteiger partial charge is 0.497 e. The summed E-state index contributed by atoms with van der Waals surface area (Å²) in [5.74, 6) is -1.08. The molecule has 0 radical (unpaired) electrons. The summed E-state index contributed by atoms with van der Waals surface area (Å²) in [5.41, 5.74) is 0.574. The molecule has 0 spiro atoms. The SMILES string of the molecule is COC(=O)C(C(C)=O)c1ccc(OC)cc1Br. The molecule has 0 saturated carbocycles. The summed E-state index contributed by atoms with van der Waals surface area (Å²) in [4.78, 5) is 23.1. The first-order chi connectivity index (χ1) is 8.01. The van der Waals surface area contributed by atoms with Gasteiger partial charge < -0.3 is 9.47 Å². The molecule has 0 aliphatic carbocycles. The number of Topliss-reactive ketones (excluding diaryl/α,β-unsaturated/α-hetero) is 1. The molecule has 17 heavy (non-hydrogen) atoms. The van der Waals surface area contributed by atoms with E-state index in [2.05, 4.69) is 20.7 Å². The van der Waals surface area contributed by atoms with E-state index in [1.807, 2.05) is 0 Å². The van der Waals surface area contributed by atoms with E-state index in [1.165, 1.54) is 14.0 Å². The van der Waals surface area contributed by atoms with Crippen LogP contribution in [0.15, 0.2) is 22.7 Å². The van der Waals surface area contributed by atoms with Gasteiger partial charge in [-0.1, -0.05) is 22.0 Å². The summed E-state index contributed by atoms with van der Waals surface area (Å²) in [7, 11) is 2.81. The van der Waals surface area contributed by atoms with Crippen LogP contribution in [0.4, 0.5) is 0 Å². The molecule has 0 heterocycles. The molecule has 0 amide bonds. The number of esters is 1. The van der Waals surface area contributed by atoms with Crippen LogP contribution in [-0.4, -0.2) is 26.0 Å². The fourth-order valence-electron chi connectivity index (χ4n) is 1.50. The zero-order chi connectivity index (χ0) is 13.0. The molecule has 0 saturated heterocycles. The van der Waals surface area contributed by atoms with Gasteiger partial charge in [-0.2, -0.15) is 0 Å². The van der Waals surface area contributed by atoms with Crippen molar-refractivity contribution in [2.24, 2.45) is 0 Å². The lowest BCUT2D eigenvalue weighted by atomic mass is 9.95. The average molecular weight is 301 g/mol. The standard InChI is InChI=1S/C12H13BrO4/c1-7(14)11(12(15)17-3)9-5-4-8(16-2)6-10(9)13/h4-6,11H,1-3H3. The Bertz CT molecular complexity index is 442. The van der Waals surface area contributed by atoms with Crippen molar-refractivity contribution in [2.75, 3.05) is 14.2 Å². The minimum Gasteiger partial charge on any atom is -0.497 e. The van der Waals surface area contributed by atoms with E-state index in [-0.39, 0.29) is 5.78 Å². The number of ketones is 1. The maximum atomic E-state index is 11.6. The van der Waals surface area contributed by atoms with Gasteiger partial charge in [-0.25, -0.2) is 0 Å². The molecule has 0 aliphatic rings. The number of hydrogen-bond acceptors (Lipinski definition) is 4. The van der Waals surface area contributed by atoms with Gasteiger partial charge in [-0.15, -0.1) is 0 Å². The molecule has 1 atom stereocenters. The highest BCUT2D eigenvalue weighted by Crippen LogP contribution is 2.30. The first-order valence-electron chi connectivity index (χ1n) is 4.93. The lowest BCUT2D eigenvalue weighted by Gasteiger charge is -2.14. The number of carbonyl (C=O) groups is 2. The van der Waals surface area contributed by atoms with E-state index in [4.69, 9.17) is 4.74 Å². The number of ether oxygens (including phenoxy) is 2. The van der Waals surface area contributed by atoms with Crippen LogP contribution in [0.5, 0.6) is 5.75 Å². The van der Waals surface area contributed by atoms with Crippen LogP contribution < -0.4 is 4.74 Å². The van der Waals surface area contributed by atoms with E-state index in [1.54, 1.807) is 25.3 Å². The normalized spacial score (nSPS) is 11.8. The second-order valence-electron chi connectivity index (χ2n) is 3.45. The molecular formula is C12H13BrO4. The lowest BCUT2D eigenvalue weighted by Crippen LogP contribution is -2.21. The molecule has 5 heteroatoms. The highest BCUT2D eigenvalue weighted by molar-refractivity contribution is 9.10. The molecule has 0 aromatic heterocycles. The second-order valence-corrected chi connectivity index (χ2v) is 4.31. The number of benzene rings is 1. The van der Waals surface area contributed by atoms with E-state index in [0.717, 1.165) is 0 Å². The molecule has 1 rings (SSSR count). The summed E-state index contributed by atoms with van der Waals surface area (Å²) in [5, 5.41) is 0. The first kappa shape index (κ1) is 13.7. The van der Waals surface area contributed by atoms with Crippen LogP contribution >= 0.6 is 15.9 Å². The van der Waals surface area contributed by atoms with Crippen LogP contribution in [0.1, 0.15) is 18.4 Å². The summed E-state index contributed by atoms with van der Waals surface area (Å²) in [6.07, 6.45) is 0. The fourth-order valence-corrected chi connectivity index (χ4v) is 2.09. The molecule has 1 aromatic rings. The average Bonchev–Trinajstić information content (AvgIpc) is 2.30. The number of halogens is 1. The first-order valence-corrected chi connectivity index (χ1v) is 5.72. The van der Waals surface area contributed by atoms with Gasteiger partial charge in [0.1, 0.15) is 17.5 Å². The molecule has 0 N–H and O–H groups in total. The Balaban J connectivity index is 3.20. The molecule has 0 fully saturated rings. The van der Waals surface area contributed by atoms with Crippen molar-refractivity contribution in [3.63, 3.8) is 0 Å². The van der Waals surface area contributed by atoms with Crippen molar-refractivity contribution in [3.05, 3.63) is 28.2 Å². The Labute approximate surface area is 108 Å². The van der Waals surface area contributed by atoms with E-state index < -0.39 is 11.9 Å². The third-order valence-electron chi connectivity index (χ3n) is 2.36. The van der Waals surface area contributed by atoms with E-state index in [9.17, 15) is 9.59 Å². The van der Waals surface area contributed by atoms with Crippen LogP contribution in [0, 0.1) is 0 Å². The predicted octanol–water partition coefficient (Wildman–Crippen LogP) is 2.30. The Morgan fingerprint density at radius 3 is 2.35 bits per heavy atom. The molecular weight excluding hydrogens is 288 g/mol. The predicted molar refractivity (Wildman–Crippen MR) is 66.1 cm³/mol. The van der Waals surface area contributed by atoms with Gasteiger partial charge in [0, 0.05) is 4.47 Å². The van der Waals surface area contributed by atoms with Gasteiger partial charge in [0.15, 0.2) is 0 Å². The lowest BCUT2D eigenvalue weighted by molar-refractivity contribution is -0.145. The zero-order valence-corrected chi connectivity index (χ0v) is 11.4. The summed E-state index contributed by atoms with van der Waals surface area (Å²) >= 11 is 3.31. The smallest absolute Gasteiger partial charge is 0.320 e. The molecule has 1 aromatic carbocycles. The van der Waals surface area contributed by atoms with Crippen LogP contribution in [0.25, 0.3) is 0 Å². The van der Waals surface area contributed by atoms with Crippen LogP contribution in [0.2, 0.25) is 0 Å². The van der Waals surface area contributed by atoms with Crippen molar-refractivity contribution in [1.29, 1.82) is 0 Å². The van der Waals surface area contributed by atoms with Gasteiger partial charge in [0.05, 0.1) is 14.2 Å².